The molecule has 0 saturated carbocycles. The molecule has 0 spiro atoms. The van der Waals surface area contributed by atoms with Crippen LogP contribution in [0.25, 0.3) is 22.2 Å². The van der Waals surface area contributed by atoms with Gasteiger partial charge in [0.2, 0.25) is 10.0 Å². The normalized spacial score (nSPS) is 15.6. The van der Waals surface area contributed by atoms with E-state index >= 15 is 0 Å². The number of piperidine rings is 1. The van der Waals surface area contributed by atoms with Crippen LogP contribution in [0.15, 0.2) is 42.7 Å². The zero-order chi connectivity index (χ0) is 20.3. The van der Waals surface area contributed by atoms with Gasteiger partial charge in [-0.05, 0) is 49.0 Å². The smallest absolute Gasteiger partial charge is 0.209 e. The molecule has 8 heteroatoms. The summed E-state index contributed by atoms with van der Waals surface area (Å²) >= 11 is 0. The van der Waals surface area contributed by atoms with E-state index in [0.29, 0.717) is 12.5 Å². The summed E-state index contributed by atoms with van der Waals surface area (Å²) in [6.07, 6.45) is 7.14. The van der Waals surface area contributed by atoms with Gasteiger partial charge in [-0.15, -0.1) is 0 Å². The van der Waals surface area contributed by atoms with Gasteiger partial charge in [-0.2, -0.15) is 0 Å². The standard InChI is InChI=1S/C21H26N4O3S/c1-29(26,27)25-12-15-2-4-17(5-3-15)18-13-24-21-20(18)19(8-11-23-21)28-14-16-6-9-22-10-7-16/h2-5,8,11,13,16,22,25H,6-7,9-10,12,14H2,1H3,(H,23,24). The second kappa shape index (κ2) is 8.52. The number of aromatic nitrogens is 2. The van der Waals surface area contributed by atoms with Crippen LogP contribution in [0.3, 0.4) is 0 Å². The number of sulfonamides is 1. The Balaban J connectivity index is 1.55. The molecule has 4 rings (SSSR count). The first-order chi connectivity index (χ1) is 14.0. The minimum absolute atomic E-state index is 0.277. The van der Waals surface area contributed by atoms with E-state index < -0.39 is 10.0 Å². The quantitative estimate of drug-likeness (QED) is 0.552. The van der Waals surface area contributed by atoms with Crippen molar-refractivity contribution in [1.29, 1.82) is 0 Å². The summed E-state index contributed by atoms with van der Waals surface area (Å²) in [6, 6.07) is 9.76. The van der Waals surface area contributed by atoms with Crippen molar-refractivity contribution in [2.75, 3.05) is 26.0 Å². The second-order valence-corrected chi connectivity index (χ2v) is 9.36. The molecule has 0 amide bonds. The lowest BCUT2D eigenvalue weighted by molar-refractivity contribution is 0.217. The first kappa shape index (κ1) is 19.9. The number of hydrogen-bond donors (Lipinski definition) is 3. The van der Waals surface area contributed by atoms with Crippen molar-refractivity contribution in [2.24, 2.45) is 5.92 Å². The van der Waals surface area contributed by atoms with Gasteiger partial charge in [-0.1, -0.05) is 24.3 Å². The molecular weight excluding hydrogens is 388 g/mol. The van der Waals surface area contributed by atoms with Crippen molar-refractivity contribution in [2.45, 2.75) is 19.4 Å². The van der Waals surface area contributed by atoms with Gasteiger partial charge in [0.1, 0.15) is 11.4 Å². The third-order valence-electron chi connectivity index (χ3n) is 5.27. The van der Waals surface area contributed by atoms with E-state index in [-0.39, 0.29) is 6.54 Å². The summed E-state index contributed by atoms with van der Waals surface area (Å²) < 4.78 is 31.3. The molecule has 154 valence electrons. The lowest BCUT2D eigenvalue weighted by atomic mass is 9.99. The fourth-order valence-electron chi connectivity index (χ4n) is 3.65. The molecule has 1 aromatic carbocycles. The number of nitrogens with one attached hydrogen (secondary N) is 3. The van der Waals surface area contributed by atoms with E-state index in [4.69, 9.17) is 4.74 Å². The molecule has 3 heterocycles. The predicted octanol–water partition coefficient (Wildman–Crippen LogP) is 2.66. The van der Waals surface area contributed by atoms with Gasteiger partial charge in [-0.3, -0.25) is 0 Å². The fraction of sp³-hybridized carbons (Fsp3) is 0.381. The van der Waals surface area contributed by atoms with Gasteiger partial charge in [0, 0.05) is 24.5 Å². The maximum Gasteiger partial charge on any atom is 0.209 e. The molecule has 0 bridgehead atoms. The highest BCUT2D eigenvalue weighted by Gasteiger charge is 2.17. The Morgan fingerprint density at radius 2 is 1.93 bits per heavy atom. The largest absolute Gasteiger partial charge is 0.492 e. The second-order valence-electron chi connectivity index (χ2n) is 7.53. The topological polar surface area (TPSA) is 96.1 Å². The molecule has 2 aromatic heterocycles. The summed E-state index contributed by atoms with van der Waals surface area (Å²) in [5, 5.41) is 4.36. The van der Waals surface area contributed by atoms with E-state index in [1.165, 1.54) is 0 Å². The molecule has 1 aliphatic rings. The number of ether oxygens (including phenoxy) is 1. The zero-order valence-electron chi connectivity index (χ0n) is 16.4. The fourth-order valence-corrected chi connectivity index (χ4v) is 4.08. The number of hydrogen-bond acceptors (Lipinski definition) is 5. The maximum atomic E-state index is 11.3. The summed E-state index contributed by atoms with van der Waals surface area (Å²) in [5.74, 6) is 1.41. The summed E-state index contributed by atoms with van der Waals surface area (Å²) in [4.78, 5) is 7.67. The highest BCUT2D eigenvalue weighted by Crippen LogP contribution is 2.35. The van der Waals surface area contributed by atoms with Crippen molar-refractivity contribution in [3.63, 3.8) is 0 Å². The molecule has 0 radical (unpaired) electrons. The van der Waals surface area contributed by atoms with Crippen LogP contribution in [0.1, 0.15) is 18.4 Å². The highest BCUT2D eigenvalue weighted by atomic mass is 32.2. The number of benzene rings is 1. The first-order valence-corrected chi connectivity index (χ1v) is 11.7. The molecule has 1 aliphatic heterocycles. The number of nitrogens with zero attached hydrogens (tertiary/aromatic N) is 1. The van der Waals surface area contributed by atoms with Crippen LogP contribution in [0, 0.1) is 5.92 Å². The van der Waals surface area contributed by atoms with Crippen LogP contribution in [-0.4, -0.2) is 44.3 Å². The van der Waals surface area contributed by atoms with Crippen molar-refractivity contribution < 1.29 is 13.2 Å². The molecule has 0 aliphatic carbocycles. The third-order valence-corrected chi connectivity index (χ3v) is 5.94. The van der Waals surface area contributed by atoms with Gasteiger partial charge in [-0.25, -0.2) is 18.1 Å². The third kappa shape index (κ3) is 4.95. The Morgan fingerprint density at radius 1 is 1.17 bits per heavy atom. The Labute approximate surface area is 170 Å². The van der Waals surface area contributed by atoms with E-state index in [1.54, 1.807) is 6.20 Å². The Hall–Kier alpha value is -2.42. The van der Waals surface area contributed by atoms with E-state index in [2.05, 4.69) is 20.0 Å². The van der Waals surface area contributed by atoms with E-state index in [9.17, 15) is 8.42 Å². The van der Waals surface area contributed by atoms with Crippen LogP contribution < -0.4 is 14.8 Å². The minimum Gasteiger partial charge on any atom is -0.492 e. The first-order valence-electron chi connectivity index (χ1n) is 9.83. The van der Waals surface area contributed by atoms with Gasteiger partial charge in [0.25, 0.3) is 0 Å². The van der Waals surface area contributed by atoms with Crippen LogP contribution in [0.4, 0.5) is 0 Å². The van der Waals surface area contributed by atoms with Crippen molar-refractivity contribution in [3.05, 3.63) is 48.3 Å². The average Bonchev–Trinajstić information content (AvgIpc) is 3.16. The Morgan fingerprint density at radius 3 is 2.66 bits per heavy atom. The summed E-state index contributed by atoms with van der Waals surface area (Å²) in [6.45, 7) is 3.09. The predicted molar refractivity (Wildman–Crippen MR) is 114 cm³/mol. The number of pyridine rings is 1. The van der Waals surface area contributed by atoms with Crippen LogP contribution in [-0.2, 0) is 16.6 Å². The number of rotatable bonds is 7. The molecule has 1 saturated heterocycles. The van der Waals surface area contributed by atoms with Gasteiger partial charge in [0.05, 0.1) is 18.2 Å². The molecule has 3 aromatic rings. The van der Waals surface area contributed by atoms with E-state index in [1.807, 2.05) is 36.5 Å². The maximum absolute atomic E-state index is 11.3. The SMILES string of the molecule is CS(=O)(=O)NCc1ccc(-c2c[nH]c3nccc(OCC4CCNCC4)c23)cc1. The van der Waals surface area contributed by atoms with Crippen LogP contribution in [0.5, 0.6) is 5.75 Å². The summed E-state index contributed by atoms with van der Waals surface area (Å²) in [5.41, 5.74) is 3.75. The van der Waals surface area contributed by atoms with E-state index in [0.717, 1.165) is 65.7 Å². The molecule has 0 unspecified atom stereocenters. The lowest BCUT2D eigenvalue weighted by Crippen LogP contribution is -2.30. The molecular formula is C21H26N4O3S. The number of fused-ring (bicyclic) bond motifs is 1. The van der Waals surface area contributed by atoms with Crippen molar-refractivity contribution in [1.82, 2.24) is 20.0 Å². The Kier molecular flexibility index (Phi) is 5.84. The summed E-state index contributed by atoms with van der Waals surface area (Å²) in [7, 11) is -3.21. The molecule has 1 fully saturated rings. The molecule has 0 atom stereocenters. The number of aromatic amines is 1. The van der Waals surface area contributed by atoms with Gasteiger partial charge in [0.15, 0.2) is 0 Å². The van der Waals surface area contributed by atoms with Gasteiger partial charge < -0.3 is 15.0 Å². The van der Waals surface area contributed by atoms with Crippen LogP contribution >= 0.6 is 0 Å². The lowest BCUT2D eigenvalue weighted by Gasteiger charge is -2.22. The Bertz CT molecular complexity index is 1070. The monoisotopic (exact) mass is 414 g/mol. The molecule has 29 heavy (non-hydrogen) atoms. The zero-order valence-corrected chi connectivity index (χ0v) is 17.3. The van der Waals surface area contributed by atoms with Crippen molar-refractivity contribution in [3.8, 4) is 16.9 Å². The highest BCUT2D eigenvalue weighted by molar-refractivity contribution is 7.88. The molecule has 3 N–H and O–H groups in total. The number of H-pyrrole nitrogens is 1. The average molecular weight is 415 g/mol. The van der Waals surface area contributed by atoms with Crippen LogP contribution in [0.2, 0.25) is 0 Å². The van der Waals surface area contributed by atoms with Crippen molar-refractivity contribution >= 4 is 21.1 Å². The van der Waals surface area contributed by atoms with Gasteiger partial charge >= 0.3 is 0 Å². The molecule has 7 nitrogen and oxygen atoms in total. The minimum atomic E-state index is -3.21.